The van der Waals surface area contributed by atoms with E-state index in [1.165, 1.54) is 29.7 Å². The number of aromatic nitrogens is 2. The molecule has 2 fully saturated rings. The molecule has 2 aromatic rings. The van der Waals surface area contributed by atoms with E-state index in [0.717, 1.165) is 31.6 Å². The average molecular weight is 257 g/mol. The number of imidazole rings is 1. The zero-order valence-electron chi connectivity index (χ0n) is 11.0. The number of rotatable bonds is 3. The molecule has 1 aromatic carbocycles. The van der Waals surface area contributed by atoms with Crippen molar-refractivity contribution in [2.24, 2.45) is 0 Å². The summed E-state index contributed by atoms with van der Waals surface area (Å²) in [4.78, 5) is 8.13. The number of fused-ring (bicyclic) bond motifs is 1. The Morgan fingerprint density at radius 2 is 2.26 bits per heavy atom. The van der Waals surface area contributed by atoms with Crippen LogP contribution in [-0.2, 0) is 11.2 Å². The summed E-state index contributed by atoms with van der Waals surface area (Å²) in [5, 5.41) is 3.37. The van der Waals surface area contributed by atoms with Crippen LogP contribution in [0.15, 0.2) is 18.2 Å². The molecule has 0 bridgehead atoms. The van der Waals surface area contributed by atoms with E-state index in [-0.39, 0.29) is 0 Å². The molecular formula is C15H19N3O. The van der Waals surface area contributed by atoms with Gasteiger partial charge in [-0.15, -0.1) is 0 Å². The number of nitrogens with one attached hydrogen (secondary N) is 2. The van der Waals surface area contributed by atoms with Crippen LogP contribution in [0.4, 0.5) is 0 Å². The molecule has 0 radical (unpaired) electrons. The Kier molecular flexibility index (Phi) is 2.78. The van der Waals surface area contributed by atoms with Gasteiger partial charge in [0, 0.05) is 19.0 Å². The molecule has 1 atom stereocenters. The molecule has 1 saturated carbocycles. The Morgan fingerprint density at radius 1 is 1.32 bits per heavy atom. The maximum Gasteiger partial charge on any atom is 0.110 e. The standard InChI is InChI=1S/C15H19N3O/c1-4-13-14(18-15(17-13)11-2-3-11)8-10(1)7-12-9-16-5-6-19-12/h1,4,8,11-12,16H,2-3,5-7,9H2,(H,17,18). The highest BCUT2D eigenvalue weighted by Crippen LogP contribution is 2.39. The highest BCUT2D eigenvalue weighted by Gasteiger charge is 2.26. The van der Waals surface area contributed by atoms with Crippen molar-refractivity contribution in [3.8, 4) is 0 Å². The summed E-state index contributed by atoms with van der Waals surface area (Å²) in [5.74, 6) is 1.85. The van der Waals surface area contributed by atoms with Gasteiger partial charge in [0.2, 0.25) is 0 Å². The molecule has 1 aromatic heterocycles. The SMILES string of the molecule is c1cc2nc(C3CC3)[nH]c2cc1CC1CNCCO1. The molecule has 2 N–H and O–H groups in total. The van der Waals surface area contributed by atoms with Crippen LogP contribution in [-0.4, -0.2) is 35.8 Å². The summed E-state index contributed by atoms with van der Waals surface area (Å²) in [6.45, 7) is 2.75. The molecular weight excluding hydrogens is 238 g/mol. The first-order chi connectivity index (χ1) is 9.38. The van der Waals surface area contributed by atoms with Gasteiger partial charge in [0.05, 0.1) is 23.7 Å². The lowest BCUT2D eigenvalue weighted by molar-refractivity contribution is 0.0292. The van der Waals surface area contributed by atoms with Crippen LogP contribution < -0.4 is 5.32 Å². The van der Waals surface area contributed by atoms with Crippen LogP contribution in [0.2, 0.25) is 0 Å². The second kappa shape index (κ2) is 4.62. The first-order valence-corrected chi connectivity index (χ1v) is 7.19. The van der Waals surface area contributed by atoms with E-state index in [0.29, 0.717) is 12.0 Å². The number of benzene rings is 1. The van der Waals surface area contributed by atoms with Gasteiger partial charge in [-0.25, -0.2) is 4.98 Å². The third-order valence-electron chi connectivity index (χ3n) is 4.00. The minimum atomic E-state index is 0.303. The molecule has 1 unspecified atom stereocenters. The van der Waals surface area contributed by atoms with Gasteiger partial charge in [0.1, 0.15) is 5.82 Å². The zero-order valence-corrected chi connectivity index (χ0v) is 11.0. The Balaban J connectivity index is 1.56. The fraction of sp³-hybridized carbons (Fsp3) is 0.533. The van der Waals surface area contributed by atoms with Crippen LogP contribution >= 0.6 is 0 Å². The van der Waals surface area contributed by atoms with Gasteiger partial charge in [-0.1, -0.05) is 6.07 Å². The quantitative estimate of drug-likeness (QED) is 0.884. The fourth-order valence-electron chi connectivity index (χ4n) is 2.77. The summed E-state index contributed by atoms with van der Waals surface area (Å²) < 4.78 is 5.76. The van der Waals surface area contributed by atoms with E-state index in [9.17, 15) is 0 Å². The van der Waals surface area contributed by atoms with Crippen LogP contribution in [0.5, 0.6) is 0 Å². The van der Waals surface area contributed by atoms with Gasteiger partial charge in [-0.05, 0) is 37.0 Å². The van der Waals surface area contributed by atoms with E-state index >= 15 is 0 Å². The lowest BCUT2D eigenvalue weighted by Gasteiger charge is -2.23. The largest absolute Gasteiger partial charge is 0.375 e. The lowest BCUT2D eigenvalue weighted by Crippen LogP contribution is -2.39. The second-order valence-corrected chi connectivity index (χ2v) is 5.65. The number of H-pyrrole nitrogens is 1. The second-order valence-electron chi connectivity index (χ2n) is 5.65. The van der Waals surface area contributed by atoms with Crippen molar-refractivity contribution in [3.63, 3.8) is 0 Å². The van der Waals surface area contributed by atoms with Crippen LogP contribution in [0.1, 0.15) is 30.1 Å². The van der Waals surface area contributed by atoms with Gasteiger partial charge in [-0.2, -0.15) is 0 Å². The minimum absolute atomic E-state index is 0.303. The third kappa shape index (κ3) is 2.38. The maximum absolute atomic E-state index is 5.76. The number of ether oxygens (including phenoxy) is 1. The third-order valence-corrected chi connectivity index (χ3v) is 4.00. The van der Waals surface area contributed by atoms with Crippen LogP contribution in [0.25, 0.3) is 11.0 Å². The fourth-order valence-corrected chi connectivity index (χ4v) is 2.77. The molecule has 19 heavy (non-hydrogen) atoms. The minimum Gasteiger partial charge on any atom is -0.375 e. The molecule has 0 spiro atoms. The Labute approximate surface area is 112 Å². The smallest absolute Gasteiger partial charge is 0.110 e. The van der Waals surface area contributed by atoms with Gasteiger partial charge in [0.15, 0.2) is 0 Å². The predicted molar refractivity (Wildman–Crippen MR) is 74.4 cm³/mol. The van der Waals surface area contributed by atoms with E-state index in [1.807, 2.05) is 0 Å². The van der Waals surface area contributed by atoms with Crippen molar-refractivity contribution < 1.29 is 4.74 Å². The van der Waals surface area contributed by atoms with Crippen molar-refractivity contribution in [3.05, 3.63) is 29.6 Å². The predicted octanol–water partition coefficient (Wildman–Crippen LogP) is 1.97. The summed E-state index contributed by atoms with van der Waals surface area (Å²) >= 11 is 0. The van der Waals surface area contributed by atoms with Crippen LogP contribution in [0.3, 0.4) is 0 Å². The van der Waals surface area contributed by atoms with E-state index in [1.54, 1.807) is 0 Å². The molecule has 1 aliphatic heterocycles. The molecule has 0 amide bonds. The van der Waals surface area contributed by atoms with Crippen molar-refractivity contribution in [1.82, 2.24) is 15.3 Å². The molecule has 1 aliphatic carbocycles. The molecule has 1 saturated heterocycles. The molecule has 2 aliphatic rings. The van der Waals surface area contributed by atoms with Gasteiger partial charge in [0.25, 0.3) is 0 Å². The maximum atomic E-state index is 5.76. The monoisotopic (exact) mass is 257 g/mol. The lowest BCUT2D eigenvalue weighted by atomic mass is 10.1. The Morgan fingerprint density at radius 3 is 3.05 bits per heavy atom. The van der Waals surface area contributed by atoms with Gasteiger partial charge < -0.3 is 15.0 Å². The number of hydrogen-bond donors (Lipinski definition) is 2. The number of nitrogens with zero attached hydrogens (tertiary/aromatic N) is 1. The van der Waals surface area contributed by atoms with Crippen molar-refractivity contribution >= 4 is 11.0 Å². The molecule has 100 valence electrons. The molecule has 4 rings (SSSR count). The normalized spacial score (nSPS) is 23.9. The summed E-state index contributed by atoms with van der Waals surface area (Å²) in [6, 6.07) is 6.54. The number of morpholine rings is 1. The van der Waals surface area contributed by atoms with E-state index in [2.05, 4.69) is 33.5 Å². The van der Waals surface area contributed by atoms with Gasteiger partial charge >= 0.3 is 0 Å². The highest BCUT2D eigenvalue weighted by atomic mass is 16.5. The van der Waals surface area contributed by atoms with Crippen molar-refractivity contribution in [2.75, 3.05) is 19.7 Å². The first-order valence-electron chi connectivity index (χ1n) is 7.19. The molecule has 4 nitrogen and oxygen atoms in total. The first kappa shape index (κ1) is 11.4. The van der Waals surface area contributed by atoms with E-state index < -0.39 is 0 Å². The summed E-state index contributed by atoms with van der Waals surface area (Å²) in [5.41, 5.74) is 3.59. The van der Waals surface area contributed by atoms with Gasteiger partial charge in [-0.3, -0.25) is 0 Å². The summed E-state index contributed by atoms with van der Waals surface area (Å²) in [7, 11) is 0. The van der Waals surface area contributed by atoms with Crippen molar-refractivity contribution in [2.45, 2.75) is 31.3 Å². The topological polar surface area (TPSA) is 49.9 Å². The summed E-state index contributed by atoms with van der Waals surface area (Å²) in [6.07, 6.45) is 3.85. The Bertz CT molecular complexity index is 582. The number of aromatic amines is 1. The average Bonchev–Trinajstić information content (AvgIpc) is 3.20. The van der Waals surface area contributed by atoms with Crippen molar-refractivity contribution in [1.29, 1.82) is 0 Å². The number of hydrogen-bond acceptors (Lipinski definition) is 3. The van der Waals surface area contributed by atoms with E-state index in [4.69, 9.17) is 4.74 Å². The van der Waals surface area contributed by atoms with Crippen LogP contribution in [0, 0.1) is 0 Å². The highest BCUT2D eigenvalue weighted by molar-refractivity contribution is 5.76. The Hall–Kier alpha value is -1.39. The molecule has 2 heterocycles. The zero-order chi connectivity index (χ0) is 12.7. The molecule has 4 heteroatoms.